The normalized spacial score (nSPS) is 23.4. The highest BCUT2D eigenvalue weighted by atomic mass is 79.9. The number of carboxylic acid groups (broad SMARTS) is 1. The SMILES string of the molecule is CC1CCCCC1N(C)S(=O)(=O)c1cc(C(=O)O)oc1Br. The standard InChI is InChI=1S/C13H18BrNO5S/c1-8-5-3-4-6-9(8)15(2)21(18,19)11-7-10(13(16)17)20-12(11)14/h7-9H,3-6H2,1-2H3,(H,16,17). The number of rotatable bonds is 4. The van der Waals surface area contributed by atoms with Gasteiger partial charge in [-0.2, -0.15) is 4.31 Å². The van der Waals surface area contributed by atoms with Crippen molar-refractivity contribution in [2.45, 2.75) is 43.5 Å². The molecule has 1 aliphatic carbocycles. The minimum atomic E-state index is -3.79. The molecule has 1 aromatic rings. The third kappa shape index (κ3) is 3.17. The predicted octanol–water partition coefficient (Wildman–Crippen LogP) is 2.94. The Labute approximate surface area is 132 Å². The third-order valence-corrected chi connectivity index (χ3v) is 6.80. The molecule has 0 spiro atoms. The fourth-order valence-corrected chi connectivity index (χ4v) is 5.19. The molecule has 2 atom stereocenters. The van der Waals surface area contributed by atoms with Crippen LogP contribution in [0.1, 0.15) is 43.2 Å². The van der Waals surface area contributed by atoms with Crippen molar-refractivity contribution < 1.29 is 22.7 Å². The molecule has 0 aromatic carbocycles. The van der Waals surface area contributed by atoms with E-state index < -0.39 is 21.8 Å². The van der Waals surface area contributed by atoms with E-state index in [0.717, 1.165) is 31.7 Å². The second-order valence-corrected chi connectivity index (χ2v) is 8.09. The van der Waals surface area contributed by atoms with E-state index in [0.29, 0.717) is 0 Å². The van der Waals surface area contributed by atoms with Crippen molar-refractivity contribution in [1.29, 1.82) is 0 Å². The Morgan fingerprint density at radius 3 is 2.57 bits per heavy atom. The number of halogens is 1. The Kier molecular flexibility index (Phi) is 4.79. The van der Waals surface area contributed by atoms with E-state index in [4.69, 9.17) is 9.52 Å². The molecular weight excluding hydrogens is 362 g/mol. The van der Waals surface area contributed by atoms with Crippen LogP contribution in [0.15, 0.2) is 20.0 Å². The highest BCUT2D eigenvalue weighted by Crippen LogP contribution is 2.34. The fourth-order valence-electron chi connectivity index (χ4n) is 2.80. The zero-order valence-electron chi connectivity index (χ0n) is 11.9. The first-order valence-corrected chi connectivity index (χ1v) is 8.99. The topological polar surface area (TPSA) is 87.8 Å². The van der Waals surface area contributed by atoms with E-state index in [1.54, 1.807) is 7.05 Å². The lowest BCUT2D eigenvalue weighted by molar-refractivity contribution is 0.0661. The third-order valence-electron chi connectivity index (χ3n) is 4.06. The van der Waals surface area contributed by atoms with Crippen LogP contribution in [0.3, 0.4) is 0 Å². The molecule has 1 saturated carbocycles. The second-order valence-electron chi connectivity index (χ2n) is 5.40. The summed E-state index contributed by atoms with van der Waals surface area (Å²) in [7, 11) is -2.24. The first-order valence-electron chi connectivity index (χ1n) is 6.75. The van der Waals surface area contributed by atoms with Crippen molar-refractivity contribution in [3.05, 3.63) is 16.5 Å². The van der Waals surface area contributed by atoms with E-state index >= 15 is 0 Å². The van der Waals surface area contributed by atoms with Gasteiger partial charge in [0.15, 0.2) is 4.67 Å². The molecule has 1 aliphatic rings. The summed E-state index contributed by atoms with van der Waals surface area (Å²) in [6.07, 6.45) is 3.93. The van der Waals surface area contributed by atoms with E-state index in [-0.39, 0.29) is 21.5 Å². The summed E-state index contributed by atoms with van der Waals surface area (Å²) >= 11 is 2.99. The average molecular weight is 380 g/mol. The first-order chi connectivity index (χ1) is 9.75. The summed E-state index contributed by atoms with van der Waals surface area (Å²) in [5.41, 5.74) is 0. The highest BCUT2D eigenvalue weighted by molar-refractivity contribution is 9.10. The van der Waals surface area contributed by atoms with Gasteiger partial charge in [-0.05, 0) is 34.7 Å². The van der Waals surface area contributed by atoms with Crippen LogP contribution < -0.4 is 0 Å². The van der Waals surface area contributed by atoms with Crippen molar-refractivity contribution in [3.63, 3.8) is 0 Å². The number of furan rings is 1. The number of aromatic carboxylic acids is 1. The minimum Gasteiger partial charge on any atom is -0.475 e. The molecule has 1 fully saturated rings. The van der Waals surface area contributed by atoms with Gasteiger partial charge in [0.05, 0.1) is 0 Å². The summed E-state index contributed by atoms with van der Waals surface area (Å²) in [5, 5.41) is 8.89. The first kappa shape index (κ1) is 16.5. The van der Waals surface area contributed by atoms with Crippen LogP contribution in [-0.4, -0.2) is 36.9 Å². The number of nitrogens with zero attached hydrogens (tertiary/aromatic N) is 1. The molecule has 0 amide bonds. The Balaban J connectivity index is 2.34. The lowest BCUT2D eigenvalue weighted by atomic mass is 9.86. The number of sulfonamides is 1. The number of hydrogen-bond acceptors (Lipinski definition) is 4. The van der Waals surface area contributed by atoms with Gasteiger partial charge in [0.2, 0.25) is 15.8 Å². The molecule has 0 bridgehead atoms. The van der Waals surface area contributed by atoms with Crippen molar-refractivity contribution in [3.8, 4) is 0 Å². The summed E-state index contributed by atoms with van der Waals surface area (Å²) in [6.45, 7) is 2.04. The van der Waals surface area contributed by atoms with Gasteiger partial charge in [-0.1, -0.05) is 19.8 Å². The molecular formula is C13H18BrNO5S. The predicted molar refractivity (Wildman–Crippen MR) is 79.7 cm³/mol. The molecule has 0 aliphatic heterocycles. The molecule has 2 unspecified atom stereocenters. The Morgan fingerprint density at radius 1 is 1.43 bits per heavy atom. The zero-order valence-corrected chi connectivity index (χ0v) is 14.3. The van der Waals surface area contributed by atoms with E-state index in [9.17, 15) is 13.2 Å². The van der Waals surface area contributed by atoms with E-state index in [2.05, 4.69) is 15.9 Å². The van der Waals surface area contributed by atoms with Gasteiger partial charge in [0.1, 0.15) is 4.90 Å². The summed E-state index contributed by atoms with van der Waals surface area (Å²) in [6, 6.07) is 0.977. The number of carbonyl (C=O) groups is 1. The summed E-state index contributed by atoms with van der Waals surface area (Å²) < 4.78 is 31.6. The molecule has 1 heterocycles. The summed E-state index contributed by atoms with van der Waals surface area (Å²) in [4.78, 5) is 10.8. The molecule has 1 N–H and O–H groups in total. The molecule has 8 heteroatoms. The van der Waals surface area contributed by atoms with Crippen molar-refractivity contribution in [2.75, 3.05) is 7.05 Å². The number of hydrogen-bond donors (Lipinski definition) is 1. The van der Waals surface area contributed by atoms with E-state index in [1.165, 1.54) is 4.31 Å². The van der Waals surface area contributed by atoms with Gasteiger partial charge in [-0.25, -0.2) is 13.2 Å². The maximum Gasteiger partial charge on any atom is 0.371 e. The summed E-state index contributed by atoms with van der Waals surface area (Å²) in [5.74, 6) is -1.42. The lowest BCUT2D eigenvalue weighted by Crippen LogP contribution is -2.42. The second kappa shape index (κ2) is 6.10. The number of carboxylic acids is 1. The molecule has 21 heavy (non-hydrogen) atoms. The van der Waals surface area contributed by atoms with Crippen molar-refractivity contribution >= 4 is 31.9 Å². The average Bonchev–Trinajstić information content (AvgIpc) is 2.81. The molecule has 0 saturated heterocycles. The van der Waals surface area contributed by atoms with Crippen LogP contribution in [0.2, 0.25) is 0 Å². The van der Waals surface area contributed by atoms with Crippen molar-refractivity contribution in [1.82, 2.24) is 4.31 Å². The molecule has 6 nitrogen and oxygen atoms in total. The van der Waals surface area contributed by atoms with Gasteiger partial charge in [-0.3, -0.25) is 0 Å². The van der Waals surface area contributed by atoms with Crippen molar-refractivity contribution in [2.24, 2.45) is 5.92 Å². The lowest BCUT2D eigenvalue weighted by Gasteiger charge is -2.35. The molecule has 0 radical (unpaired) electrons. The maximum atomic E-state index is 12.7. The van der Waals surface area contributed by atoms with Crippen LogP contribution in [0.25, 0.3) is 0 Å². The van der Waals surface area contributed by atoms with Crippen LogP contribution in [0.5, 0.6) is 0 Å². The molecule has 1 aromatic heterocycles. The van der Waals surface area contributed by atoms with Crippen LogP contribution in [0, 0.1) is 5.92 Å². The van der Waals surface area contributed by atoms with Crippen LogP contribution in [-0.2, 0) is 10.0 Å². The monoisotopic (exact) mass is 379 g/mol. The Bertz CT molecular complexity index is 639. The smallest absolute Gasteiger partial charge is 0.371 e. The highest BCUT2D eigenvalue weighted by Gasteiger charge is 2.35. The Morgan fingerprint density at radius 2 is 2.05 bits per heavy atom. The maximum absolute atomic E-state index is 12.7. The minimum absolute atomic E-state index is 0.0705. The largest absolute Gasteiger partial charge is 0.475 e. The fraction of sp³-hybridized carbons (Fsp3) is 0.615. The van der Waals surface area contributed by atoms with Gasteiger partial charge in [0.25, 0.3) is 0 Å². The Hall–Kier alpha value is -0.860. The van der Waals surface area contributed by atoms with Gasteiger partial charge in [-0.15, -0.1) is 0 Å². The molecule has 2 rings (SSSR count). The van der Waals surface area contributed by atoms with Crippen LogP contribution >= 0.6 is 15.9 Å². The quantitative estimate of drug-likeness (QED) is 0.868. The molecule has 118 valence electrons. The van der Waals surface area contributed by atoms with Gasteiger partial charge < -0.3 is 9.52 Å². The van der Waals surface area contributed by atoms with E-state index in [1.807, 2.05) is 6.92 Å². The zero-order chi connectivity index (χ0) is 15.8. The van der Waals surface area contributed by atoms with Crippen LogP contribution in [0.4, 0.5) is 0 Å². The van der Waals surface area contributed by atoms with Gasteiger partial charge in [0, 0.05) is 19.2 Å². The van der Waals surface area contributed by atoms with Gasteiger partial charge >= 0.3 is 5.97 Å².